The largest absolute Gasteiger partial charge is 0.315 e. The molecule has 0 aromatic heterocycles. The molecular formula is C13H20N2O2S. The monoisotopic (exact) mass is 268 g/mol. The van der Waals surface area contributed by atoms with Crippen LogP contribution in [0.25, 0.3) is 0 Å². The smallest absolute Gasteiger partial charge is 0.241 e. The Morgan fingerprint density at radius 1 is 1.33 bits per heavy atom. The lowest BCUT2D eigenvalue weighted by atomic mass is 10.0. The van der Waals surface area contributed by atoms with E-state index in [0.29, 0.717) is 11.4 Å². The average molecular weight is 268 g/mol. The van der Waals surface area contributed by atoms with Gasteiger partial charge in [0.1, 0.15) is 0 Å². The molecule has 0 radical (unpaired) electrons. The third-order valence-electron chi connectivity index (χ3n) is 3.37. The molecule has 1 heterocycles. The number of hydrogen-bond donors (Lipinski definition) is 2. The van der Waals surface area contributed by atoms with Gasteiger partial charge in [0.2, 0.25) is 10.0 Å². The van der Waals surface area contributed by atoms with Crippen molar-refractivity contribution >= 4 is 10.0 Å². The molecule has 4 nitrogen and oxygen atoms in total. The second-order valence-corrected chi connectivity index (χ2v) is 7.01. The normalized spacial score (nSPS) is 24.4. The fraction of sp³-hybridized carbons (Fsp3) is 0.538. The first-order valence-electron chi connectivity index (χ1n) is 6.14. The summed E-state index contributed by atoms with van der Waals surface area (Å²) in [5.41, 5.74) is 1.48. The highest BCUT2D eigenvalue weighted by Crippen LogP contribution is 2.21. The lowest BCUT2D eigenvalue weighted by molar-refractivity contribution is 0.452. The molecule has 1 aliphatic heterocycles. The van der Waals surface area contributed by atoms with Gasteiger partial charge in [-0.1, -0.05) is 17.7 Å². The minimum atomic E-state index is -3.44. The first-order valence-corrected chi connectivity index (χ1v) is 7.63. The Kier molecular flexibility index (Phi) is 3.49. The van der Waals surface area contributed by atoms with E-state index in [9.17, 15) is 8.42 Å². The maximum Gasteiger partial charge on any atom is 0.241 e. The number of aryl methyl sites for hydroxylation is 2. The lowest BCUT2D eigenvalue weighted by Gasteiger charge is -2.24. The maximum absolute atomic E-state index is 12.4. The topological polar surface area (TPSA) is 58.2 Å². The van der Waals surface area contributed by atoms with Crippen molar-refractivity contribution < 1.29 is 8.42 Å². The van der Waals surface area contributed by atoms with Gasteiger partial charge in [-0.05, 0) is 45.4 Å². The molecule has 1 unspecified atom stereocenters. The van der Waals surface area contributed by atoms with Crippen LogP contribution in [0.1, 0.15) is 24.5 Å². The Balaban J connectivity index is 2.30. The summed E-state index contributed by atoms with van der Waals surface area (Å²) in [5, 5.41) is 3.18. The molecule has 0 saturated carbocycles. The molecular weight excluding hydrogens is 248 g/mol. The second kappa shape index (κ2) is 4.64. The number of hydrogen-bond acceptors (Lipinski definition) is 3. The molecule has 0 bridgehead atoms. The molecule has 0 spiro atoms. The molecule has 1 fully saturated rings. The number of benzene rings is 1. The zero-order chi connectivity index (χ0) is 13.4. The quantitative estimate of drug-likeness (QED) is 0.869. The van der Waals surface area contributed by atoms with E-state index in [1.54, 1.807) is 6.07 Å². The molecule has 18 heavy (non-hydrogen) atoms. The van der Waals surface area contributed by atoms with Crippen LogP contribution in [0.3, 0.4) is 0 Å². The minimum Gasteiger partial charge on any atom is -0.315 e. The molecule has 1 atom stereocenters. The minimum absolute atomic E-state index is 0.376. The zero-order valence-electron chi connectivity index (χ0n) is 11.1. The van der Waals surface area contributed by atoms with Crippen molar-refractivity contribution in [2.75, 3.05) is 13.1 Å². The Labute approximate surface area is 109 Å². The van der Waals surface area contributed by atoms with Gasteiger partial charge >= 0.3 is 0 Å². The van der Waals surface area contributed by atoms with Gasteiger partial charge in [0.25, 0.3) is 0 Å². The van der Waals surface area contributed by atoms with Gasteiger partial charge in [-0.2, -0.15) is 0 Å². The van der Waals surface area contributed by atoms with Crippen LogP contribution in [0.2, 0.25) is 0 Å². The van der Waals surface area contributed by atoms with E-state index in [2.05, 4.69) is 10.0 Å². The summed E-state index contributed by atoms with van der Waals surface area (Å²) in [4.78, 5) is 0.376. The molecule has 100 valence electrons. The van der Waals surface area contributed by atoms with Gasteiger partial charge in [0.05, 0.1) is 4.90 Å². The van der Waals surface area contributed by atoms with E-state index in [0.717, 1.165) is 24.1 Å². The molecule has 1 saturated heterocycles. The van der Waals surface area contributed by atoms with Crippen LogP contribution in [0.5, 0.6) is 0 Å². The molecule has 2 rings (SSSR count). The summed E-state index contributed by atoms with van der Waals surface area (Å²) in [5.74, 6) is 0. The highest BCUT2D eigenvalue weighted by Gasteiger charge is 2.33. The molecule has 1 aromatic rings. The van der Waals surface area contributed by atoms with Crippen molar-refractivity contribution in [3.8, 4) is 0 Å². The molecule has 1 aromatic carbocycles. The average Bonchev–Trinajstić information content (AvgIpc) is 2.62. The maximum atomic E-state index is 12.4. The van der Waals surface area contributed by atoms with E-state index in [1.165, 1.54) is 0 Å². The summed E-state index contributed by atoms with van der Waals surface area (Å²) < 4.78 is 27.6. The predicted octanol–water partition coefficient (Wildman–Crippen LogP) is 1.33. The van der Waals surface area contributed by atoms with Gasteiger partial charge < -0.3 is 5.32 Å². The van der Waals surface area contributed by atoms with Crippen LogP contribution >= 0.6 is 0 Å². The van der Waals surface area contributed by atoms with Crippen molar-refractivity contribution in [3.63, 3.8) is 0 Å². The zero-order valence-corrected chi connectivity index (χ0v) is 11.9. The van der Waals surface area contributed by atoms with Crippen molar-refractivity contribution in [1.29, 1.82) is 0 Å². The number of sulfonamides is 1. The van der Waals surface area contributed by atoms with Gasteiger partial charge in [0.15, 0.2) is 0 Å². The third-order valence-corrected chi connectivity index (χ3v) is 5.17. The summed E-state index contributed by atoms with van der Waals surface area (Å²) in [6.07, 6.45) is 0.817. The van der Waals surface area contributed by atoms with Crippen LogP contribution in [-0.2, 0) is 10.0 Å². The van der Waals surface area contributed by atoms with Crippen molar-refractivity contribution in [2.45, 2.75) is 37.6 Å². The molecule has 0 aliphatic carbocycles. The van der Waals surface area contributed by atoms with Gasteiger partial charge in [-0.15, -0.1) is 0 Å². The Hall–Kier alpha value is -0.910. The number of rotatable bonds is 3. The molecule has 0 amide bonds. The van der Waals surface area contributed by atoms with Gasteiger partial charge in [-0.25, -0.2) is 13.1 Å². The first kappa shape index (κ1) is 13.5. The van der Waals surface area contributed by atoms with Crippen LogP contribution in [-0.4, -0.2) is 27.0 Å². The van der Waals surface area contributed by atoms with E-state index < -0.39 is 10.0 Å². The lowest BCUT2D eigenvalue weighted by Crippen LogP contribution is -2.47. The fourth-order valence-corrected chi connectivity index (χ4v) is 4.05. The summed E-state index contributed by atoms with van der Waals surface area (Å²) in [6.45, 7) is 7.26. The van der Waals surface area contributed by atoms with Crippen molar-refractivity contribution in [2.24, 2.45) is 0 Å². The Morgan fingerprint density at radius 2 is 2.06 bits per heavy atom. The summed E-state index contributed by atoms with van der Waals surface area (Å²) >= 11 is 0. The fourth-order valence-electron chi connectivity index (χ4n) is 2.38. The van der Waals surface area contributed by atoms with E-state index in [1.807, 2.05) is 32.9 Å². The summed E-state index contributed by atoms with van der Waals surface area (Å²) in [6, 6.07) is 5.40. The number of nitrogens with one attached hydrogen (secondary N) is 2. The van der Waals surface area contributed by atoms with E-state index in [-0.39, 0.29) is 5.54 Å². The van der Waals surface area contributed by atoms with Crippen molar-refractivity contribution in [3.05, 3.63) is 29.3 Å². The van der Waals surface area contributed by atoms with E-state index >= 15 is 0 Å². The SMILES string of the molecule is Cc1ccc(S(=O)(=O)NC2(C)CCNC2)c(C)c1. The molecule has 1 aliphatic rings. The van der Waals surface area contributed by atoms with E-state index in [4.69, 9.17) is 0 Å². The van der Waals surface area contributed by atoms with Gasteiger partial charge in [-0.3, -0.25) is 0 Å². The van der Waals surface area contributed by atoms with Crippen LogP contribution in [0.15, 0.2) is 23.1 Å². The van der Waals surface area contributed by atoms with Crippen LogP contribution in [0.4, 0.5) is 0 Å². The van der Waals surface area contributed by atoms with Crippen LogP contribution < -0.4 is 10.0 Å². The predicted molar refractivity (Wildman–Crippen MR) is 72.1 cm³/mol. The standard InChI is InChI=1S/C13H20N2O2S/c1-10-4-5-12(11(2)8-10)18(16,17)15-13(3)6-7-14-9-13/h4-5,8,14-15H,6-7,9H2,1-3H3. The third kappa shape index (κ3) is 2.74. The Morgan fingerprint density at radius 3 is 2.61 bits per heavy atom. The summed E-state index contributed by atoms with van der Waals surface area (Å²) in [7, 11) is -3.44. The highest BCUT2D eigenvalue weighted by molar-refractivity contribution is 7.89. The van der Waals surface area contributed by atoms with Crippen molar-refractivity contribution in [1.82, 2.24) is 10.0 Å². The molecule has 2 N–H and O–H groups in total. The van der Waals surface area contributed by atoms with Crippen LogP contribution in [0, 0.1) is 13.8 Å². The Bertz CT molecular complexity index is 546. The second-order valence-electron chi connectivity index (χ2n) is 5.36. The van der Waals surface area contributed by atoms with Gasteiger partial charge in [0, 0.05) is 12.1 Å². The highest BCUT2D eigenvalue weighted by atomic mass is 32.2. The molecule has 5 heteroatoms. The first-order chi connectivity index (χ1) is 8.32.